The number of nitrogens with zero attached hydrogens (tertiary/aromatic N) is 2. The Hall–Kier alpha value is -3.33. The van der Waals surface area contributed by atoms with Crippen molar-refractivity contribution in [1.29, 1.82) is 0 Å². The molecule has 1 aliphatic rings. The second kappa shape index (κ2) is 7.35. The fraction of sp³-hybridized carbons (Fsp3) is 0.158. The summed E-state index contributed by atoms with van der Waals surface area (Å²) in [6.45, 7) is 2.23. The molecule has 0 atom stereocenters. The fourth-order valence-corrected chi connectivity index (χ4v) is 3.59. The average molecular weight is 399 g/mol. The maximum atomic E-state index is 12.6. The normalized spacial score (nSPS) is 12.6. The van der Waals surface area contributed by atoms with Gasteiger partial charge in [0.05, 0.1) is 4.90 Å². The Morgan fingerprint density at radius 1 is 1.04 bits per heavy atom. The summed E-state index contributed by atoms with van der Waals surface area (Å²) in [5.41, 5.74) is 1.79. The lowest BCUT2D eigenvalue weighted by molar-refractivity contribution is 0.174. The van der Waals surface area contributed by atoms with Crippen LogP contribution in [0.5, 0.6) is 17.4 Å². The number of fused-ring (bicyclic) bond motifs is 1. The van der Waals surface area contributed by atoms with Crippen LogP contribution >= 0.6 is 0 Å². The van der Waals surface area contributed by atoms with Crippen molar-refractivity contribution in [3.63, 3.8) is 0 Å². The minimum Gasteiger partial charge on any atom is -0.470 e. The van der Waals surface area contributed by atoms with E-state index < -0.39 is 10.0 Å². The van der Waals surface area contributed by atoms with Crippen LogP contribution in [0.15, 0.2) is 59.8 Å². The third kappa shape index (κ3) is 3.84. The molecule has 28 heavy (non-hydrogen) atoms. The number of anilines is 1. The number of hydrogen-bond acceptors (Lipinski definition) is 7. The van der Waals surface area contributed by atoms with Crippen LogP contribution in [-0.4, -0.2) is 25.2 Å². The Morgan fingerprint density at radius 2 is 1.79 bits per heavy atom. The van der Waals surface area contributed by atoms with Gasteiger partial charge in [0, 0.05) is 12.4 Å². The number of aryl methyl sites for hydroxylation is 1. The summed E-state index contributed by atoms with van der Waals surface area (Å²) in [7, 11) is -3.81. The highest BCUT2D eigenvalue weighted by Gasteiger charge is 2.19. The van der Waals surface area contributed by atoms with E-state index in [0.717, 1.165) is 11.1 Å². The molecule has 0 saturated heterocycles. The molecule has 8 nitrogen and oxygen atoms in total. The highest BCUT2D eigenvalue weighted by molar-refractivity contribution is 7.92. The molecule has 1 aromatic heterocycles. The number of ether oxygens (including phenoxy) is 3. The number of hydrogen-bond donors (Lipinski definition) is 1. The largest absolute Gasteiger partial charge is 0.470 e. The summed E-state index contributed by atoms with van der Waals surface area (Å²) in [6, 6.07) is 11.9. The molecular weight excluding hydrogens is 382 g/mol. The van der Waals surface area contributed by atoms with Crippen LogP contribution in [0.3, 0.4) is 0 Å². The van der Waals surface area contributed by atoms with Crippen molar-refractivity contribution >= 4 is 15.8 Å². The zero-order valence-corrected chi connectivity index (χ0v) is 15.8. The summed E-state index contributed by atoms with van der Waals surface area (Å²) in [6.07, 6.45) is 2.82. The summed E-state index contributed by atoms with van der Waals surface area (Å²) in [4.78, 5) is 8.28. The molecule has 0 fully saturated rings. The van der Waals surface area contributed by atoms with E-state index in [-0.39, 0.29) is 30.0 Å². The van der Waals surface area contributed by atoms with Gasteiger partial charge in [-0.1, -0.05) is 23.8 Å². The number of rotatable bonds is 6. The van der Waals surface area contributed by atoms with E-state index in [9.17, 15) is 8.42 Å². The Bertz CT molecular complexity index is 1100. The molecule has 0 amide bonds. The minimum absolute atomic E-state index is 0.0174. The number of nitrogens with one attached hydrogen (secondary N) is 1. The van der Waals surface area contributed by atoms with Gasteiger partial charge in [0.1, 0.15) is 6.61 Å². The Morgan fingerprint density at radius 3 is 2.61 bits per heavy atom. The summed E-state index contributed by atoms with van der Waals surface area (Å²) in [5, 5.41) is 0. The Kier molecular flexibility index (Phi) is 4.74. The van der Waals surface area contributed by atoms with E-state index in [1.54, 1.807) is 24.3 Å². The predicted molar refractivity (Wildman–Crippen MR) is 101 cm³/mol. The number of sulfonamides is 1. The standard InChI is InChI=1S/C19H17N3O5S/c1-13-2-5-15(6-3-13)28(23,24)22-18-19(21-9-8-20-18)25-11-14-4-7-16-17(10-14)27-12-26-16/h2-10H,11-12H2,1H3,(H,20,22). The van der Waals surface area contributed by atoms with Gasteiger partial charge in [0.25, 0.3) is 15.9 Å². The number of aromatic nitrogens is 2. The fourth-order valence-electron chi connectivity index (χ4n) is 2.59. The lowest BCUT2D eigenvalue weighted by Gasteiger charge is -2.12. The molecule has 144 valence electrons. The van der Waals surface area contributed by atoms with E-state index in [2.05, 4.69) is 14.7 Å². The van der Waals surface area contributed by atoms with Crippen molar-refractivity contribution in [3.8, 4) is 17.4 Å². The van der Waals surface area contributed by atoms with E-state index in [4.69, 9.17) is 14.2 Å². The van der Waals surface area contributed by atoms with E-state index in [1.807, 2.05) is 13.0 Å². The SMILES string of the molecule is Cc1ccc(S(=O)(=O)Nc2nccnc2OCc2ccc3c(c2)OCO3)cc1. The van der Waals surface area contributed by atoms with Gasteiger partial charge in [0.15, 0.2) is 11.5 Å². The molecular formula is C19H17N3O5S. The van der Waals surface area contributed by atoms with Crippen LogP contribution in [-0.2, 0) is 16.6 Å². The molecule has 0 aliphatic carbocycles. The summed E-state index contributed by atoms with van der Waals surface area (Å²) < 4.78 is 43.9. The lowest BCUT2D eigenvalue weighted by Crippen LogP contribution is -2.15. The monoisotopic (exact) mass is 399 g/mol. The first-order valence-corrected chi connectivity index (χ1v) is 9.91. The van der Waals surface area contributed by atoms with Gasteiger partial charge in [-0.05, 0) is 36.8 Å². The number of benzene rings is 2. The molecule has 1 N–H and O–H groups in total. The third-order valence-corrected chi connectivity index (χ3v) is 5.39. The molecule has 2 aromatic carbocycles. The Labute approximate surface area is 162 Å². The molecule has 0 saturated carbocycles. The molecule has 0 unspecified atom stereocenters. The quantitative estimate of drug-likeness (QED) is 0.680. The average Bonchev–Trinajstić information content (AvgIpc) is 3.15. The molecule has 0 radical (unpaired) electrons. The van der Waals surface area contributed by atoms with Crippen molar-refractivity contribution < 1.29 is 22.6 Å². The zero-order chi connectivity index (χ0) is 19.6. The predicted octanol–water partition coefficient (Wildman–Crippen LogP) is 2.89. The van der Waals surface area contributed by atoms with Crippen molar-refractivity contribution in [2.75, 3.05) is 11.5 Å². The van der Waals surface area contributed by atoms with Gasteiger partial charge >= 0.3 is 0 Å². The van der Waals surface area contributed by atoms with Crippen molar-refractivity contribution in [2.45, 2.75) is 18.4 Å². The molecule has 2 heterocycles. The minimum atomic E-state index is -3.81. The first kappa shape index (κ1) is 18.1. The maximum absolute atomic E-state index is 12.6. The highest BCUT2D eigenvalue weighted by Crippen LogP contribution is 2.33. The molecule has 9 heteroatoms. The van der Waals surface area contributed by atoms with E-state index in [0.29, 0.717) is 11.5 Å². The van der Waals surface area contributed by atoms with Crippen LogP contribution in [0.25, 0.3) is 0 Å². The first-order valence-electron chi connectivity index (χ1n) is 8.43. The van der Waals surface area contributed by atoms with E-state index >= 15 is 0 Å². The van der Waals surface area contributed by atoms with Crippen LogP contribution in [0.1, 0.15) is 11.1 Å². The molecule has 0 bridgehead atoms. The topological polar surface area (TPSA) is 99.6 Å². The molecule has 4 rings (SSSR count). The van der Waals surface area contributed by atoms with Gasteiger partial charge in [-0.15, -0.1) is 0 Å². The first-order chi connectivity index (χ1) is 13.5. The second-order valence-corrected chi connectivity index (χ2v) is 7.79. The lowest BCUT2D eigenvalue weighted by atomic mass is 10.2. The molecule has 3 aromatic rings. The van der Waals surface area contributed by atoms with Gasteiger partial charge in [0.2, 0.25) is 12.6 Å². The highest BCUT2D eigenvalue weighted by atomic mass is 32.2. The van der Waals surface area contributed by atoms with Crippen LogP contribution in [0.2, 0.25) is 0 Å². The van der Waals surface area contributed by atoms with Crippen LogP contribution in [0.4, 0.5) is 5.82 Å². The smallest absolute Gasteiger partial charge is 0.263 e. The summed E-state index contributed by atoms with van der Waals surface area (Å²) in [5.74, 6) is 1.41. The van der Waals surface area contributed by atoms with E-state index in [1.165, 1.54) is 24.5 Å². The zero-order valence-electron chi connectivity index (χ0n) is 15.0. The van der Waals surface area contributed by atoms with Gasteiger partial charge in [-0.25, -0.2) is 18.4 Å². The van der Waals surface area contributed by atoms with Crippen molar-refractivity contribution in [1.82, 2.24) is 9.97 Å². The van der Waals surface area contributed by atoms with Gasteiger partial charge < -0.3 is 14.2 Å². The van der Waals surface area contributed by atoms with Crippen molar-refractivity contribution in [3.05, 3.63) is 66.0 Å². The summed E-state index contributed by atoms with van der Waals surface area (Å²) >= 11 is 0. The van der Waals surface area contributed by atoms with Crippen LogP contribution in [0, 0.1) is 6.92 Å². The van der Waals surface area contributed by atoms with Gasteiger partial charge in [-0.2, -0.15) is 0 Å². The third-order valence-electron chi connectivity index (χ3n) is 4.04. The Balaban J connectivity index is 1.51. The van der Waals surface area contributed by atoms with Crippen molar-refractivity contribution in [2.24, 2.45) is 0 Å². The van der Waals surface area contributed by atoms with Crippen LogP contribution < -0.4 is 18.9 Å². The maximum Gasteiger partial charge on any atom is 0.263 e. The molecule has 1 aliphatic heterocycles. The van der Waals surface area contributed by atoms with Gasteiger partial charge in [-0.3, -0.25) is 4.72 Å². The molecule has 0 spiro atoms. The second-order valence-electron chi connectivity index (χ2n) is 6.10.